The second kappa shape index (κ2) is 5.25. The predicted octanol–water partition coefficient (Wildman–Crippen LogP) is 2.65. The van der Waals surface area contributed by atoms with Crippen molar-refractivity contribution < 1.29 is 13.9 Å². The minimum Gasteiger partial charge on any atom is -0.444 e. The molecule has 0 unspecified atom stereocenters. The highest BCUT2D eigenvalue weighted by molar-refractivity contribution is 7.81. The largest absolute Gasteiger partial charge is 0.444 e. The van der Waals surface area contributed by atoms with Gasteiger partial charge in [0.25, 0.3) is 0 Å². The van der Waals surface area contributed by atoms with Gasteiger partial charge < -0.3 is 9.64 Å². The third-order valence-corrected chi connectivity index (χ3v) is 2.91. The third-order valence-electron chi connectivity index (χ3n) is 2.49. The van der Waals surface area contributed by atoms with Gasteiger partial charge in [0.1, 0.15) is 12.3 Å². The van der Waals surface area contributed by atoms with E-state index in [9.17, 15) is 9.18 Å². The summed E-state index contributed by atoms with van der Waals surface area (Å²) in [5.41, 5.74) is -0.540. The molecule has 5 heteroatoms. The number of hydrogen-bond acceptors (Lipinski definition) is 3. The maximum Gasteiger partial charge on any atom is 0.410 e. The van der Waals surface area contributed by atoms with Crippen LogP contribution in [0.1, 0.15) is 33.6 Å². The van der Waals surface area contributed by atoms with Crippen LogP contribution in [0.25, 0.3) is 0 Å². The first-order chi connectivity index (χ1) is 7.33. The van der Waals surface area contributed by atoms with Crippen molar-refractivity contribution >= 4 is 18.7 Å². The van der Waals surface area contributed by atoms with E-state index in [1.807, 2.05) is 0 Å². The average Bonchev–Trinajstić information content (AvgIpc) is 2.15. The van der Waals surface area contributed by atoms with E-state index < -0.39 is 18.4 Å². The second-order valence-electron chi connectivity index (χ2n) is 5.17. The van der Waals surface area contributed by atoms with Gasteiger partial charge in [-0.1, -0.05) is 0 Å². The first-order valence-corrected chi connectivity index (χ1v) is 6.09. The van der Waals surface area contributed by atoms with Crippen LogP contribution in [0.2, 0.25) is 0 Å². The molecule has 3 nitrogen and oxygen atoms in total. The number of halogens is 1. The summed E-state index contributed by atoms with van der Waals surface area (Å²) < 4.78 is 18.0. The van der Waals surface area contributed by atoms with E-state index in [0.29, 0.717) is 13.0 Å². The molecule has 1 aliphatic rings. The number of nitrogens with zero attached hydrogens (tertiary/aromatic N) is 1. The van der Waals surface area contributed by atoms with E-state index in [4.69, 9.17) is 4.74 Å². The van der Waals surface area contributed by atoms with Crippen LogP contribution < -0.4 is 0 Å². The number of ether oxygens (including phenoxy) is 1. The zero-order valence-electron chi connectivity index (χ0n) is 10.1. The third kappa shape index (κ3) is 3.85. The zero-order chi connectivity index (χ0) is 12.3. The fraction of sp³-hybridized carbons (Fsp3) is 0.909. The molecule has 0 saturated carbocycles. The van der Waals surface area contributed by atoms with Crippen LogP contribution in [-0.2, 0) is 4.74 Å². The van der Waals surface area contributed by atoms with E-state index in [1.54, 1.807) is 20.8 Å². The quantitative estimate of drug-likeness (QED) is 0.724. The van der Waals surface area contributed by atoms with Gasteiger partial charge in [0.05, 0.1) is 6.04 Å². The van der Waals surface area contributed by atoms with Crippen molar-refractivity contribution in [2.45, 2.75) is 50.5 Å². The number of carbonyl (C=O) groups is 1. The Morgan fingerprint density at radius 1 is 1.50 bits per heavy atom. The number of amides is 1. The molecule has 0 spiro atoms. The summed E-state index contributed by atoms with van der Waals surface area (Å²) in [5, 5.41) is 0.121. The zero-order valence-corrected chi connectivity index (χ0v) is 11.0. The average molecular weight is 249 g/mol. The van der Waals surface area contributed by atoms with Crippen LogP contribution in [0.5, 0.6) is 0 Å². The van der Waals surface area contributed by atoms with E-state index in [1.165, 1.54) is 4.90 Å². The van der Waals surface area contributed by atoms with Gasteiger partial charge in [-0.05, 0) is 33.6 Å². The lowest BCUT2D eigenvalue weighted by Gasteiger charge is -2.37. The summed E-state index contributed by atoms with van der Waals surface area (Å²) in [6.07, 6.45) is 1.06. The van der Waals surface area contributed by atoms with Crippen molar-refractivity contribution in [3.63, 3.8) is 0 Å². The highest BCUT2D eigenvalue weighted by Gasteiger charge is 2.33. The second-order valence-corrected chi connectivity index (χ2v) is 5.90. The molecule has 1 aliphatic heterocycles. The minimum absolute atomic E-state index is 0.121. The van der Waals surface area contributed by atoms with E-state index in [0.717, 1.165) is 6.42 Å². The van der Waals surface area contributed by atoms with Crippen LogP contribution in [0.15, 0.2) is 0 Å². The lowest BCUT2D eigenvalue weighted by atomic mass is 10.0. The molecule has 1 fully saturated rings. The van der Waals surface area contributed by atoms with Gasteiger partial charge in [-0.2, -0.15) is 12.6 Å². The van der Waals surface area contributed by atoms with E-state index in [-0.39, 0.29) is 11.3 Å². The number of rotatable bonds is 1. The first-order valence-electron chi connectivity index (χ1n) is 5.57. The molecule has 0 aromatic heterocycles. The van der Waals surface area contributed by atoms with Gasteiger partial charge in [0, 0.05) is 11.8 Å². The molecule has 16 heavy (non-hydrogen) atoms. The van der Waals surface area contributed by atoms with Crippen LogP contribution >= 0.6 is 12.6 Å². The monoisotopic (exact) mass is 249 g/mol. The number of thiol groups is 1. The normalized spacial score (nSPS) is 26.7. The molecule has 0 bridgehead atoms. The molecule has 0 aromatic carbocycles. The Morgan fingerprint density at radius 2 is 2.12 bits per heavy atom. The predicted molar refractivity (Wildman–Crippen MR) is 64.7 cm³/mol. The van der Waals surface area contributed by atoms with Crippen molar-refractivity contribution in [3.8, 4) is 0 Å². The molecule has 1 amide bonds. The minimum atomic E-state index is -0.540. The Hall–Kier alpha value is -0.450. The number of carbonyl (C=O) groups excluding carboxylic acids is 1. The van der Waals surface area contributed by atoms with E-state index >= 15 is 0 Å². The molecule has 0 aliphatic carbocycles. The van der Waals surface area contributed by atoms with Crippen LogP contribution in [0.3, 0.4) is 0 Å². The summed E-state index contributed by atoms with van der Waals surface area (Å²) in [7, 11) is 0. The topological polar surface area (TPSA) is 29.5 Å². The number of alkyl halides is 1. The molecular weight excluding hydrogens is 229 g/mol. The van der Waals surface area contributed by atoms with Gasteiger partial charge in [0.2, 0.25) is 0 Å². The Kier molecular flexibility index (Phi) is 4.47. The maximum atomic E-state index is 12.8. The molecule has 2 atom stereocenters. The Bertz CT molecular complexity index is 255. The molecule has 0 N–H and O–H groups in total. The molecular formula is C11H20FNO2S. The van der Waals surface area contributed by atoms with Crippen LogP contribution in [0.4, 0.5) is 9.18 Å². The summed E-state index contributed by atoms with van der Waals surface area (Å²) in [6, 6.07) is -0.349. The molecule has 1 heterocycles. The van der Waals surface area contributed by atoms with Crippen molar-refractivity contribution in [2.24, 2.45) is 0 Å². The molecule has 1 rings (SSSR count). The van der Waals surface area contributed by atoms with Gasteiger partial charge in [0.15, 0.2) is 0 Å². The SMILES string of the molecule is CC(C)(C)OC(=O)N1C[C@@H](S)CC[C@H]1CF. The standard InChI is InChI=1S/C11H20FNO2S/c1-11(2,3)15-10(14)13-7-9(16)5-4-8(13)6-12/h8-9,16H,4-7H2,1-3H3/t8-,9-/m0/s1. The highest BCUT2D eigenvalue weighted by atomic mass is 32.1. The lowest BCUT2D eigenvalue weighted by Crippen LogP contribution is -2.50. The van der Waals surface area contributed by atoms with E-state index in [2.05, 4.69) is 12.6 Å². The molecule has 0 aromatic rings. The summed E-state index contributed by atoms with van der Waals surface area (Å²) in [4.78, 5) is 13.3. The maximum absolute atomic E-state index is 12.8. The van der Waals surface area contributed by atoms with Crippen molar-refractivity contribution in [1.29, 1.82) is 0 Å². The van der Waals surface area contributed by atoms with Gasteiger partial charge >= 0.3 is 6.09 Å². The van der Waals surface area contributed by atoms with Crippen LogP contribution in [0, 0.1) is 0 Å². The Morgan fingerprint density at radius 3 is 2.62 bits per heavy atom. The Labute approximate surface area is 102 Å². The summed E-state index contributed by atoms with van der Waals surface area (Å²) >= 11 is 4.33. The first kappa shape index (κ1) is 13.6. The smallest absolute Gasteiger partial charge is 0.410 e. The summed E-state index contributed by atoms with van der Waals surface area (Å²) in [5.74, 6) is 0. The highest BCUT2D eigenvalue weighted by Crippen LogP contribution is 2.23. The van der Waals surface area contributed by atoms with Gasteiger partial charge in [-0.3, -0.25) is 0 Å². The van der Waals surface area contributed by atoms with Crippen molar-refractivity contribution in [1.82, 2.24) is 4.90 Å². The number of hydrogen-bond donors (Lipinski definition) is 1. The van der Waals surface area contributed by atoms with Crippen LogP contribution in [-0.4, -0.2) is 41.1 Å². The Balaban J connectivity index is 2.63. The summed E-state index contributed by atoms with van der Waals surface area (Å²) in [6.45, 7) is 5.36. The fourth-order valence-electron chi connectivity index (χ4n) is 1.71. The number of likely N-dealkylation sites (tertiary alicyclic amines) is 1. The van der Waals surface area contributed by atoms with Gasteiger partial charge in [-0.15, -0.1) is 0 Å². The molecule has 94 valence electrons. The van der Waals surface area contributed by atoms with Crippen molar-refractivity contribution in [3.05, 3.63) is 0 Å². The lowest BCUT2D eigenvalue weighted by molar-refractivity contribution is 0.00758. The van der Waals surface area contributed by atoms with Gasteiger partial charge in [-0.25, -0.2) is 9.18 Å². The van der Waals surface area contributed by atoms with Crippen molar-refractivity contribution in [2.75, 3.05) is 13.2 Å². The molecule has 1 saturated heterocycles. The fourth-order valence-corrected chi connectivity index (χ4v) is 2.04. The number of piperidine rings is 1. The molecule has 0 radical (unpaired) electrons.